The van der Waals surface area contributed by atoms with Gasteiger partial charge in [0.05, 0.1) is 7.11 Å². The van der Waals surface area contributed by atoms with Gasteiger partial charge in [-0.1, -0.05) is 0 Å². The number of hydrogen-bond donors (Lipinski definition) is 1. The third kappa shape index (κ3) is 4.59. The van der Waals surface area contributed by atoms with E-state index in [1.54, 1.807) is 12.3 Å². The summed E-state index contributed by atoms with van der Waals surface area (Å²) in [5.74, 6) is 0.443. The zero-order valence-corrected chi connectivity index (χ0v) is 14.7. The van der Waals surface area contributed by atoms with Gasteiger partial charge in [-0.05, 0) is 39.7 Å². The summed E-state index contributed by atoms with van der Waals surface area (Å²) in [4.78, 5) is 29.4. The lowest BCUT2D eigenvalue weighted by atomic mass is 10.0. The molecule has 1 aliphatic heterocycles. The van der Waals surface area contributed by atoms with Gasteiger partial charge in [0.2, 0.25) is 5.88 Å². The van der Waals surface area contributed by atoms with Gasteiger partial charge in [0, 0.05) is 30.9 Å². The minimum atomic E-state index is -0.507. The molecule has 1 N–H and O–H groups in total. The Labute approximate surface area is 142 Å². The highest BCUT2D eigenvalue weighted by atomic mass is 16.6. The van der Waals surface area contributed by atoms with E-state index in [0.29, 0.717) is 30.2 Å². The molecule has 2 rings (SSSR count). The third-order valence-electron chi connectivity index (χ3n) is 3.77. The monoisotopic (exact) mass is 335 g/mol. The fourth-order valence-electron chi connectivity index (χ4n) is 2.73. The third-order valence-corrected chi connectivity index (χ3v) is 3.77. The quantitative estimate of drug-likeness (QED) is 0.851. The number of anilines is 1. The second-order valence-corrected chi connectivity index (χ2v) is 6.78. The lowest BCUT2D eigenvalue weighted by Gasteiger charge is -2.35. The smallest absolute Gasteiger partial charge is 0.407 e. The molecule has 7 heteroatoms. The van der Waals surface area contributed by atoms with Gasteiger partial charge in [-0.25, -0.2) is 9.78 Å². The number of pyridine rings is 1. The zero-order valence-electron chi connectivity index (χ0n) is 14.7. The summed E-state index contributed by atoms with van der Waals surface area (Å²) in [7, 11) is 1.54. The molecular weight excluding hydrogens is 310 g/mol. The predicted molar refractivity (Wildman–Crippen MR) is 90.8 cm³/mol. The Morgan fingerprint density at radius 2 is 2.04 bits per heavy atom. The second kappa shape index (κ2) is 7.51. The van der Waals surface area contributed by atoms with Crippen molar-refractivity contribution in [1.29, 1.82) is 0 Å². The molecule has 1 fully saturated rings. The van der Waals surface area contributed by atoms with Gasteiger partial charge < -0.3 is 19.7 Å². The summed E-state index contributed by atoms with van der Waals surface area (Å²) in [6, 6.07) is 1.73. The summed E-state index contributed by atoms with van der Waals surface area (Å²) < 4.78 is 10.6. The van der Waals surface area contributed by atoms with Crippen LogP contribution in [0.3, 0.4) is 0 Å². The average molecular weight is 335 g/mol. The van der Waals surface area contributed by atoms with E-state index in [1.165, 1.54) is 7.11 Å². The number of amides is 1. The van der Waals surface area contributed by atoms with E-state index in [4.69, 9.17) is 9.47 Å². The summed E-state index contributed by atoms with van der Waals surface area (Å²) in [6.07, 6.45) is 3.49. The van der Waals surface area contributed by atoms with E-state index in [0.717, 1.165) is 19.1 Å². The van der Waals surface area contributed by atoms with Crippen LogP contribution >= 0.6 is 0 Å². The van der Waals surface area contributed by atoms with Crippen LogP contribution in [0.4, 0.5) is 10.5 Å². The van der Waals surface area contributed by atoms with Gasteiger partial charge in [-0.3, -0.25) is 4.79 Å². The number of nitrogens with one attached hydrogen (secondary N) is 1. The number of ether oxygens (including phenoxy) is 2. The lowest BCUT2D eigenvalue weighted by molar-refractivity contribution is 0.0497. The number of carbonyl (C=O) groups excluding carboxylic acids is 2. The summed E-state index contributed by atoms with van der Waals surface area (Å²) in [5, 5.41) is 2.90. The van der Waals surface area contributed by atoms with Crippen molar-refractivity contribution in [2.75, 3.05) is 25.1 Å². The Balaban J connectivity index is 1.98. The molecule has 0 bridgehead atoms. The number of rotatable bonds is 4. The van der Waals surface area contributed by atoms with Crippen molar-refractivity contribution in [3.63, 3.8) is 0 Å². The fourth-order valence-corrected chi connectivity index (χ4v) is 2.73. The van der Waals surface area contributed by atoms with E-state index < -0.39 is 11.7 Å². The maximum absolute atomic E-state index is 11.9. The number of carbonyl (C=O) groups is 2. The molecule has 0 unspecified atom stereocenters. The molecule has 1 saturated heterocycles. The van der Waals surface area contributed by atoms with Crippen molar-refractivity contribution >= 4 is 18.1 Å². The predicted octanol–water partition coefficient (Wildman–Crippen LogP) is 2.40. The Kier molecular flexibility index (Phi) is 5.64. The van der Waals surface area contributed by atoms with Crippen molar-refractivity contribution in [2.45, 2.75) is 45.3 Å². The van der Waals surface area contributed by atoms with E-state index in [1.807, 2.05) is 20.8 Å². The second-order valence-electron chi connectivity index (χ2n) is 6.78. The fraction of sp³-hybridized carbons (Fsp3) is 0.588. The molecule has 0 atom stereocenters. The normalized spacial score (nSPS) is 15.8. The number of methoxy groups -OCH3 is 1. The average Bonchev–Trinajstić information content (AvgIpc) is 2.53. The first-order valence-corrected chi connectivity index (χ1v) is 8.06. The number of aromatic nitrogens is 1. The van der Waals surface area contributed by atoms with Gasteiger partial charge in [-0.15, -0.1) is 0 Å². The first kappa shape index (κ1) is 18.0. The first-order chi connectivity index (χ1) is 11.3. The molecule has 0 saturated carbocycles. The summed E-state index contributed by atoms with van der Waals surface area (Å²) in [6.45, 7) is 6.91. The molecule has 1 aromatic heterocycles. The Bertz CT molecular complexity index is 590. The maximum atomic E-state index is 11.9. The van der Waals surface area contributed by atoms with Crippen LogP contribution in [0.2, 0.25) is 0 Å². The maximum Gasteiger partial charge on any atom is 0.407 e. The van der Waals surface area contributed by atoms with Crippen molar-refractivity contribution in [1.82, 2.24) is 10.3 Å². The molecule has 1 aromatic rings. The number of piperidine rings is 1. The van der Waals surface area contributed by atoms with Crippen LogP contribution in [0.15, 0.2) is 12.3 Å². The van der Waals surface area contributed by atoms with Crippen molar-refractivity contribution in [3.8, 4) is 5.88 Å². The number of nitrogens with zero attached hydrogens (tertiary/aromatic N) is 2. The molecule has 0 radical (unpaired) electrons. The lowest BCUT2D eigenvalue weighted by Crippen LogP contribution is -2.46. The molecule has 0 spiro atoms. The van der Waals surface area contributed by atoms with E-state index in [2.05, 4.69) is 15.2 Å². The number of aldehydes is 1. The zero-order chi connectivity index (χ0) is 17.7. The van der Waals surface area contributed by atoms with Gasteiger partial charge in [0.25, 0.3) is 0 Å². The van der Waals surface area contributed by atoms with Crippen LogP contribution in [0, 0.1) is 0 Å². The van der Waals surface area contributed by atoms with Crippen LogP contribution in [0.1, 0.15) is 44.0 Å². The topological polar surface area (TPSA) is 80.8 Å². The van der Waals surface area contributed by atoms with Crippen LogP contribution < -0.4 is 15.0 Å². The molecule has 7 nitrogen and oxygen atoms in total. The Hall–Kier alpha value is -2.31. The molecular formula is C17H25N3O4. The minimum absolute atomic E-state index is 0.0541. The Morgan fingerprint density at radius 1 is 1.38 bits per heavy atom. The summed E-state index contributed by atoms with van der Waals surface area (Å²) in [5.41, 5.74) is 0.762. The first-order valence-electron chi connectivity index (χ1n) is 8.06. The molecule has 1 aliphatic rings. The largest absolute Gasteiger partial charge is 0.480 e. The van der Waals surface area contributed by atoms with Crippen LogP contribution in [0.5, 0.6) is 5.88 Å². The molecule has 2 heterocycles. The van der Waals surface area contributed by atoms with E-state index in [9.17, 15) is 9.59 Å². The van der Waals surface area contributed by atoms with Crippen LogP contribution in [0.25, 0.3) is 0 Å². The van der Waals surface area contributed by atoms with Crippen LogP contribution in [-0.4, -0.2) is 49.2 Å². The standard InChI is InChI=1S/C17H25N3O4/c1-17(2,3)24-16(22)19-13-6-9-20(10-7-13)14-12(11-21)5-8-18-15(14)23-4/h5,8,11,13H,6-7,9-10H2,1-4H3,(H,19,22). The van der Waals surface area contributed by atoms with Crippen molar-refractivity contribution in [2.24, 2.45) is 0 Å². The molecule has 1 amide bonds. The highest BCUT2D eigenvalue weighted by molar-refractivity contribution is 5.86. The van der Waals surface area contributed by atoms with E-state index >= 15 is 0 Å². The number of hydrogen-bond acceptors (Lipinski definition) is 6. The van der Waals surface area contributed by atoms with E-state index in [-0.39, 0.29) is 6.04 Å². The van der Waals surface area contributed by atoms with Gasteiger partial charge in [0.15, 0.2) is 6.29 Å². The molecule has 0 aromatic carbocycles. The van der Waals surface area contributed by atoms with Gasteiger partial charge in [0.1, 0.15) is 11.3 Å². The molecule has 132 valence electrons. The minimum Gasteiger partial charge on any atom is -0.480 e. The SMILES string of the molecule is COc1nccc(C=O)c1N1CCC(NC(=O)OC(C)(C)C)CC1. The summed E-state index contributed by atoms with van der Waals surface area (Å²) >= 11 is 0. The van der Waals surface area contributed by atoms with Crippen molar-refractivity contribution in [3.05, 3.63) is 17.8 Å². The Morgan fingerprint density at radius 3 is 2.58 bits per heavy atom. The van der Waals surface area contributed by atoms with Crippen LogP contribution in [-0.2, 0) is 4.74 Å². The highest BCUT2D eigenvalue weighted by Crippen LogP contribution is 2.31. The van der Waals surface area contributed by atoms with Gasteiger partial charge >= 0.3 is 6.09 Å². The molecule has 0 aliphatic carbocycles. The van der Waals surface area contributed by atoms with Gasteiger partial charge in [-0.2, -0.15) is 0 Å². The molecule has 24 heavy (non-hydrogen) atoms. The highest BCUT2D eigenvalue weighted by Gasteiger charge is 2.26. The van der Waals surface area contributed by atoms with Crippen molar-refractivity contribution < 1.29 is 19.1 Å². The number of alkyl carbamates (subject to hydrolysis) is 1.